The topological polar surface area (TPSA) is 73.8 Å². The molecular weight excluding hydrogens is 523 g/mol. The summed E-state index contributed by atoms with van der Waals surface area (Å²) in [4.78, 5) is 6.84. The first-order valence-corrected chi connectivity index (χ1v) is 12.5. The Kier molecular flexibility index (Phi) is 9.50. The molecule has 0 spiro atoms. The van der Waals surface area contributed by atoms with Crippen molar-refractivity contribution in [3.05, 3.63) is 34.9 Å². The van der Waals surface area contributed by atoms with E-state index in [0.717, 1.165) is 49.9 Å². The maximum atomic E-state index is 11.3. The number of hydrogen-bond acceptors (Lipinski definition) is 4. The van der Waals surface area contributed by atoms with Crippen LogP contribution in [0.5, 0.6) is 0 Å². The van der Waals surface area contributed by atoms with Gasteiger partial charge in [0.05, 0.1) is 5.75 Å². The Morgan fingerprint density at radius 2 is 2.00 bits per heavy atom. The standard InChI is InChI=1S/C20H31ClN4O2S.HI/c1-3-22-20(24-19-14-18(19)15-5-4-6-16(21)13-15)23-17-7-9-25(10-8-17)11-12-28(2,26)27;/h4-6,13,17-19H,3,7-12,14H2,1-2H3,(H2,22,23,24);1H. The molecule has 0 amide bonds. The van der Waals surface area contributed by atoms with Crippen LogP contribution >= 0.6 is 35.6 Å². The van der Waals surface area contributed by atoms with Crippen LogP contribution in [-0.4, -0.2) is 69.5 Å². The number of hydrogen-bond donors (Lipinski definition) is 2. The quantitative estimate of drug-likeness (QED) is 0.308. The predicted octanol–water partition coefficient (Wildman–Crippen LogP) is 2.88. The van der Waals surface area contributed by atoms with Crippen molar-refractivity contribution in [2.45, 2.75) is 44.2 Å². The van der Waals surface area contributed by atoms with Crippen molar-refractivity contribution in [2.75, 3.05) is 38.2 Å². The number of aliphatic imine (C=N–C) groups is 1. The highest BCUT2D eigenvalue weighted by Crippen LogP contribution is 2.41. The van der Waals surface area contributed by atoms with Crippen molar-refractivity contribution >= 4 is 51.4 Å². The minimum atomic E-state index is -2.90. The second-order valence-corrected chi connectivity index (χ2v) is 10.6. The second-order valence-electron chi connectivity index (χ2n) is 7.86. The first-order valence-electron chi connectivity index (χ1n) is 10.1. The summed E-state index contributed by atoms with van der Waals surface area (Å²) in [6, 6.07) is 8.86. The molecule has 9 heteroatoms. The van der Waals surface area contributed by atoms with Crippen molar-refractivity contribution < 1.29 is 8.42 Å². The molecule has 2 aliphatic rings. The summed E-state index contributed by atoms with van der Waals surface area (Å²) < 4.78 is 22.7. The van der Waals surface area contributed by atoms with Gasteiger partial charge in [-0.3, -0.25) is 4.99 Å². The summed E-state index contributed by atoms with van der Waals surface area (Å²) >= 11 is 6.11. The minimum absolute atomic E-state index is 0. The number of piperidine rings is 1. The first-order chi connectivity index (χ1) is 13.3. The van der Waals surface area contributed by atoms with E-state index in [1.165, 1.54) is 11.8 Å². The van der Waals surface area contributed by atoms with Crippen molar-refractivity contribution in [2.24, 2.45) is 4.99 Å². The molecule has 6 nitrogen and oxygen atoms in total. The summed E-state index contributed by atoms with van der Waals surface area (Å²) in [5.41, 5.74) is 1.28. The first kappa shape index (κ1) is 24.7. The normalized spacial score (nSPS) is 23.3. The Hall–Kier alpha value is -0.580. The molecule has 2 fully saturated rings. The smallest absolute Gasteiger partial charge is 0.191 e. The molecule has 1 heterocycles. The van der Waals surface area contributed by atoms with Crippen LogP contribution in [0, 0.1) is 0 Å². The van der Waals surface area contributed by atoms with Crippen LogP contribution in [0.25, 0.3) is 0 Å². The Morgan fingerprint density at radius 3 is 2.62 bits per heavy atom. The van der Waals surface area contributed by atoms with E-state index in [4.69, 9.17) is 11.6 Å². The van der Waals surface area contributed by atoms with Crippen LogP contribution < -0.4 is 10.6 Å². The van der Waals surface area contributed by atoms with Gasteiger partial charge in [0.15, 0.2) is 5.96 Å². The van der Waals surface area contributed by atoms with Crippen LogP contribution in [0.3, 0.4) is 0 Å². The largest absolute Gasteiger partial charge is 0.354 e. The van der Waals surface area contributed by atoms with E-state index < -0.39 is 9.84 Å². The number of rotatable bonds is 7. The van der Waals surface area contributed by atoms with Gasteiger partial charge in [-0.15, -0.1) is 24.0 Å². The molecule has 1 aliphatic carbocycles. The summed E-state index contributed by atoms with van der Waals surface area (Å²) in [5, 5.41) is 7.92. The SMILES string of the molecule is CCN=C(NC1CCN(CCS(C)(=O)=O)CC1)NC1CC1c1cccc(Cl)c1.I. The molecule has 1 aromatic carbocycles. The van der Waals surface area contributed by atoms with Gasteiger partial charge in [0, 0.05) is 55.5 Å². The van der Waals surface area contributed by atoms with E-state index in [1.54, 1.807) is 0 Å². The number of guanidine groups is 1. The molecule has 2 unspecified atom stereocenters. The van der Waals surface area contributed by atoms with Crippen molar-refractivity contribution in [1.82, 2.24) is 15.5 Å². The van der Waals surface area contributed by atoms with Gasteiger partial charge in [0.25, 0.3) is 0 Å². The average Bonchev–Trinajstić information content (AvgIpc) is 3.40. The number of likely N-dealkylation sites (tertiary alicyclic amines) is 1. The molecule has 1 saturated heterocycles. The predicted molar refractivity (Wildman–Crippen MR) is 131 cm³/mol. The van der Waals surface area contributed by atoms with E-state index >= 15 is 0 Å². The second kappa shape index (κ2) is 11.2. The number of nitrogens with one attached hydrogen (secondary N) is 2. The lowest BCUT2D eigenvalue weighted by Gasteiger charge is -2.33. The number of benzene rings is 1. The van der Waals surface area contributed by atoms with E-state index in [-0.39, 0.29) is 29.7 Å². The Balaban J connectivity index is 0.00000300. The third-order valence-corrected chi connectivity index (χ3v) is 6.57. The van der Waals surface area contributed by atoms with Crippen molar-refractivity contribution in [1.29, 1.82) is 0 Å². The summed E-state index contributed by atoms with van der Waals surface area (Å²) in [6.07, 6.45) is 4.39. The molecule has 0 bridgehead atoms. The van der Waals surface area contributed by atoms with Crippen LogP contribution in [0.4, 0.5) is 0 Å². The number of nitrogens with zero attached hydrogens (tertiary/aromatic N) is 2. The maximum Gasteiger partial charge on any atom is 0.191 e. The molecule has 2 N–H and O–H groups in total. The van der Waals surface area contributed by atoms with Gasteiger partial charge in [-0.2, -0.15) is 0 Å². The molecule has 2 atom stereocenters. The molecule has 0 aromatic heterocycles. The van der Waals surface area contributed by atoms with E-state index in [9.17, 15) is 8.42 Å². The fourth-order valence-corrected chi connectivity index (χ4v) is 4.50. The fraction of sp³-hybridized carbons (Fsp3) is 0.650. The molecule has 164 valence electrons. The molecular formula is C20H32ClIN4O2S. The highest BCUT2D eigenvalue weighted by molar-refractivity contribution is 14.0. The Labute approximate surface area is 196 Å². The van der Waals surface area contributed by atoms with E-state index in [0.29, 0.717) is 24.5 Å². The highest BCUT2D eigenvalue weighted by Gasteiger charge is 2.39. The van der Waals surface area contributed by atoms with E-state index in [1.807, 2.05) is 25.1 Å². The highest BCUT2D eigenvalue weighted by atomic mass is 127. The van der Waals surface area contributed by atoms with Crippen molar-refractivity contribution in [3.8, 4) is 0 Å². The average molecular weight is 555 g/mol. The number of halogens is 2. The van der Waals surface area contributed by atoms with Gasteiger partial charge in [0.2, 0.25) is 0 Å². The lowest BCUT2D eigenvalue weighted by Crippen LogP contribution is -2.49. The third-order valence-electron chi connectivity index (χ3n) is 5.41. The number of sulfone groups is 1. The van der Waals surface area contributed by atoms with Gasteiger partial charge in [-0.1, -0.05) is 23.7 Å². The zero-order valence-electron chi connectivity index (χ0n) is 17.1. The molecule has 1 aliphatic heterocycles. The molecule has 1 aromatic rings. The van der Waals surface area contributed by atoms with Gasteiger partial charge in [-0.25, -0.2) is 8.42 Å². The minimum Gasteiger partial charge on any atom is -0.354 e. The van der Waals surface area contributed by atoms with Gasteiger partial charge in [-0.05, 0) is 43.9 Å². The summed E-state index contributed by atoms with van der Waals surface area (Å²) in [5.74, 6) is 1.61. The van der Waals surface area contributed by atoms with Gasteiger partial charge in [0.1, 0.15) is 9.84 Å². The van der Waals surface area contributed by atoms with Crippen molar-refractivity contribution in [3.63, 3.8) is 0 Å². The van der Waals surface area contributed by atoms with Crippen LogP contribution in [0.1, 0.15) is 37.7 Å². The van der Waals surface area contributed by atoms with Crippen LogP contribution in [0.2, 0.25) is 5.02 Å². The molecule has 29 heavy (non-hydrogen) atoms. The summed E-state index contributed by atoms with van der Waals surface area (Å²) in [7, 11) is -2.90. The zero-order valence-corrected chi connectivity index (χ0v) is 21.0. The van der Waals surface area contributed by atoms with Crippen LogP contribution in [-0.2, 0) is 9.84 Å². The van der Waals surface area contributed by atoms with Gasteiger partial charge >= 0.3 is 0 Å². The fourth-order valence-electron chi connectivity index (χ4n) is 3.72. The van der Waals surface area contributed by atoms with Gasteiger partial charge < -0.3 is 15.5 Å². The Morgan fingerprint density at radius 1 is 1.28 bits per heavy atom. The summed E-state index contributed by atoms with van der Waals surface area (Å²) in [6.45, 7) is 5.24. The lowest BCUT2D eigenvalue weighted by molar-refractivity contribution is 0.216. The molecule has 3 rings (SSSR count). The maximum absolute atomic E-state index is 11.3. The van der Waals surface area contributed by atoms with Crippen LogP contribution in [0.15, 0.2) is 29.3 Å². The monoisotopic (exact) mass is 554 g/mol. The van der Waals surface area contributed by atoms with E-state index in [2.05, 4.69) is 26.6 Å². The molecule has 0 radical (unpaired) electrons. The third kappa shape index (κ3) is 8.22. The Bertz CT molecular complexity index is 797. The lowest BCUT2D eigenvalue weighted by atomic mass is 10.1. The molecule has 1 saturated carbocycles. The zero-order chi connectivity index (χ0) is 20.1.